The molecule has 0 saturated heterocycles. The molecule has 0 bridgehead atoms. The Kier molecular flexibility index (Phi) is 4.91. The largest absolute Gasteiger partial charge is 0.426 e. The van der Waals surface area contributed by atoms with Gasteiger partial charge in [-0.3, -0.25) is 4.79 Å². The van der Waals surface area contributed by atoms with Crippen molar-refractivity contribution in [1.29, 1.82) is 0 Å². The summed E-state index contributed by atoms with van der Waals surface area (Å²) in [5.41, 5.74) is 0.123. The van der Waals surface area contributed by atoms with E-state index in [9.17, 15) is 4.79 Å². The van der Waals surface area contributed by atoms with Gasteiger partial charge in [0.2, 0.25) is 0 Å². The van der Waals surface area contributed by atoms with Crippen LogP contribution >= 0.6 is 23.2 Å². The van der Waals surface area contributed by atoms with Crippen molar-refractivity contribution < 1.29 is 9.53 Å². The van der Waals surface area contributed by atoms with E-state index in [0.717, 1.165) is 5.56 Å². The molecule has 0 N–H and O–H groups in total. The monoisotopic (exact) mass is 326 g/mol. The van der Waals surface area contributed by atoms with Crippen LogP contribution in [-0.2, 0) is 11.3 Å². The average Bonchev–Trinajstić information content (AvgIpc) is 2.93. The summed E-state index contributed by atoms with van der Waals surface area (Å²) < 4.78 is 7.26. The standard InChI is InChI=1S/C15H16Cl2N2O2/c1-15(2,13(16)17)14(20)21-12-5-3-11(4-6-12)9-19-8-7-18-10-19/h3-8,10,13H,9H2,1-2H3. The summed E-state index contributed by atoms with van der Waals surface area (Å²) in [6.07, 6.45) is 5.36. The maximum Gasteiger partial charge on any atom is 0.319 e. The number of esters is 1. The number of carbonyl (C=O) groups excluding carboxylic acids is 1. The van der Waals surface area contributed by atoms with Crippen LogP contribution in [0.3, 0.4) is 0 Å². The highest BCUT2D eigenvalue weighted by Gasteiger charge is 2.36. The highest BCUT2D eigenvalue weighted by atomic mass is 35.5. The lowest BCUT2D eigenvalue weighted by Gasteiger charge is -2.23. The van der Waals surface area contributed by atoms with Crippen molar-refractivity contribution in [1.82, 2.24) is 9.55 Å². The van der Waals surface area contributed by atoms with E-state index in [1.165, 1.54) is 0 Å². The second-order valence-corrected chi connectivity index (χ2v) is 6.39. The summed E-state index contributed by atoms with van der Waals surface area (Å²) in [4.78, 5) is 15.2. The third-order valence-corrected chi connectivity index (χ3v) is 4.22. The first-order chi connectivity index (χ1) is 9.89. The van der Waals surface area contributed by atoms with Crippen LogP contribution in [0.25, 0.3) is 0 Å². The molecule has 1 aromatic carbocycles. The lowest BCUT2D eigenvalue weighted by Crippen LogP contribution is -2.34. The Hall–Kier alpha value is -1.52. The van der Waals surface area contributed by atoms with Gasteiger partial charge in [-0.15, -0.1) is 23.2 Å². The van der Waals surface area contributed by atoms with E-state index >= 15 is 0 Å². The van der Waals surface area contributed by atoms with Gasteiger partial charge in [0.25, 0.3) is 0 Å². The van der Waals surface area contributed by atoms with Crippen molar-refractivity contribution in [2.45, 2.75) is 25.2 Å². The van der Waals surface area contributed by atoms with Crippen molar-refractivity contribution in [3.05, 3.63) is 48.5 Å². The summed E-state index contributed by atoms with van der Waals surface area (Å²) in [6, 6.07) is 7.29. The molecule has 4 nitrogen and oxygen atoms in total. The molecule has 0 radical (unpaired) electrons. The molecule has 0 aliphatic carbocycles. The van der Waals surface area contributed by atoms with Crippen molar-refractivity contribution in [2.75, 3.05) is 0 Å². The summed E-state index contributed by atoms with van der Waals surface area (Å²) in [5.74, 6) is 0.0105. The molecule has 21 heavy (non-hydrogen) atoms. The van der Waals surface area contributed by atoms with Gasteiger partial charge in [0, 0.05) is 18.9 Å². The molecule has 0 spiro atoms. The summed E-state index contributed by atoms with van der Waals surface area (Å²) in [7, 11) is 0. The van der Waals surface area contributed by atoms with Gasteiger partial charge in [-0.05, 0) is 31.5 Å². The Morgan fingerprint density at radius 1 is 1.33 bits per heavy atom. The Bertz CT molecular complexity index is 593. The van der Waals surface area contributed by atoms with E-state index in [4.69, 9.17) is 27.9 Å². The second-order valence-electron chi connectivity index (χ2n) is 5.29. The van der Waals surface area contributed by atoms with Crippen LogP contribution in [0.15, 0.2) is 43.0 Å². The molecule has 0 amide bonds. The molecule has 1 heterocycles. The van der Waals surface area contributed by atoms with Gasteiger partial charge < -0.3 is 9.30 Å². The van der Waals surface area contributed by atoms with Crippen LogP contribution in [0.2, 0.25) is 0 Å². The van der Waals surface area contributed by atoms with Gasteiger partial charge in [-0.25, -0.2) is 4.98 Å². The minimum atomic E-state index is -0.960. The van der Waals surface area contributed by atoms with E-state index in [1.54, 1.807) is 38.5 Å². The zero-order valence-electron chi connectivity index (χ0n) is 11.8. The molecule has 0 saturated carbocycles. The van der Waals surface area contributed by atoms with Crippen LogP contribution in [0.5, 0.6) is 5.75 Å². The molecule has 1 aromatic heterocycles. The minimum Gasteiger partial charge on any atom is -0.426 e. The maximum absolute atomic E-state index is 12.0. The topological polar surface area (TPSA) is 44.1 Å². The van der Waals surface area contributed by atoms with E-state index in [2.05, 4.69) is 4.98 Å². The predicted octanol–water partition coefficient (Wildman–Crippen LogP) is 3.67. The van der Waals surface area contributed by atoms with Gasteiger partial charge in [0.15, 0.2) is 0 Å². The zero-order chi connectivity index (χ0) is 15.5. The maximum atomic E-state index is 12.0. The number of ether oxygens (including phenoxy) is 1. The quantitative estimate of drug-likeness (QED) is 0.478. The van der Waals surface area contributed by atoms with Crippen LogP contribution in [0.4, 0.5) is 0 Å². The SMILES string of the molecule is CC(C)(C(=O)Oc1ccc(Cn2ccnc2)cc1)C(Cl)Cl. The molecule has 0 atom stereocenters. The van der Waals surface area contributed by atoms with Crippen LogP contribution < -0.4 is 4.74 Å². The van der Waals surface area contributed by atoms with Crippen LogP contribution in [0.1, 0.15) is 19.4 Å². The number of hydrogen-bond donors (Lipinski definition) is 0. The van der Waals surface area contributed by atoms with E-state index < -0.39 is 16.2 Å². The van der Waals surface area contributed by atoms with Gasteiger partial charge in [-0.2, -0.15) is 0 Å². The molecule has 0 unspecified atom stereocenters. The number of nitrogens with zero attached hydrogens (tertiary/aromatic N) is 2. The molecule has 0 aliphatic rings. The van der Waals surface area contributed by atoms with Crippen LogP contribution in [-0.4, -0.2) is 20.4 Å². The molecule has 0 aliphatic heterocycles. The fourth-order valence-electron chi connectivity index (χ4n) is 1.58. The summed E-state index contributed by atoms with van der Waals surface area (Å²) in [5, 5.41) is 0. The Balaban J connectivity index is 2.01. The predicted molar refractivity (Wildman–Crippen MR) is 82.7 cm³/mol. The molecule has 2 aromatic rings. The van der Waals surface area contributed by atoms with Gasteiger partial charge in [-0.1, -0.05) is 12.1 Å². The number of carbonyl (C=O) groups is 1. The lowest BCUT2D eigenvalue weighted by molar-refractivity contribution is -0.143. The summed E-state index contributed by atoms with van der Waals surface area (Å²) >= 11 is 11.6. The normalized spacial score (nSPS) is 11.7. The number of aromatic nitrogens is 2. The molecule has 6 heteroatoms. The minimum absolute atomic E-state index is 0.458. The van der Waals surface area contributed by atoms with Gasteiger partial charge >= 0.3 is 5.97 Å². The number of halogens is 2. The highest BCUT2D eigenvalue weighted by molar-refractivity contribution is 6.45. The van der Waals surface area contributed by atoms with Crippen molar-refractivity contribution in [3.63, 3.8) is 0 Å². The average molecular weight is 327 g/mol. The third-order valence-electron chi connectivity index (χ3n) is 3.13. The number of hydrogen-bond acceptors (Lipinski definition) is 3. The zero-order valence-corrected chi connectivity index (χ0v) is 13.3. The molecular formula is C15H16Cl2N2O2. The number of benzene rings is 1. The van der Waals surface area contributed by atoms with Crippen molar-refractivity contribution in [3.8, 4) is 5.75 Å². The number of imidazole rings is 1. The molecule has 112 valence electrons. The van der Waals surface area contributed by atoms with Gasteiger partial charge in [0.05, 0.1) is 11.7 Å². The van der Waals surface area contributed by atoms with Crippen LogP contribution in [0, 0.1) is 5.41 Å². The summed E-state index contributed by atoms with van der Waals surface area (Å²) in [6.45, 7) is 4.01. The molecular weight excluding hydrogens is 311 g/mol. The number of alkyl halides is 2. The van der Waals surface area contributed by atoms with E-state index in [-0.39, 0.29) is 0 Å². The fourth-order valence-corrected chi connectivity index (χ4v) is 1.76. The Morgan fingerprint density at radius 3 is 2.52 bits per heavy atom. The highest BCUT2D eigenvalue weighted by Crippen LogP contribution is 2.30. The fraction of sp³-hybridized carbons (Fsp3) is 0.333. The lowest BCUT2D eigenvalue weighted by atomic mass is 9.96. The first kappa shape index (κ1) is 15.9. The van der Waals surface area contributed by atoms with E-state index in [1.807, 2.05) is 22.9 Å². The Morgan fingerprint density at radius 2 is 2.00 bits per heavy atom. The second kappa shape index (κ2) is 6.50. The van der Waals surface area contributed by atoms with Crippen molar-refractivity contribution >= 4 is 29.2 Å². The molecule has 0 fully saturated rings. The third kappa shape index (κ3) is 3.99. The van der Waals surface area contributed by atoms with Crippen molar-refractivity contribution in [2.24, 2.45) is 5.41 Å². The smallest absolute Gasteiger partial charge is 0.319 e. The first-order valence-electron chi connectivity index (χ1n) is 6.44. The Labute approximate surface area is 133 Å². The number of rotatable bonds is 5. The first-order valence-corrected chi connectivity index (χ1v) is 7.32. The molecule has 2 rings (SSSR count). The van der Waals surface area contributed by atoms with E-state index in [0.29, 0.717) is 12.3 Å². The van der Waals surface area contributed by atoms with Gasteiger partial charge in [0.1, 0.15) is 10.6 Å².